The maximum Gasteiger partial charge on any atom is 0.130 e. The molecule has 0 unspecified atom stereocenters. The van der Waals surface area contributed by atoms with Gasteiger partial charge in [0.05, 0.1) is 0 Å². The number of hydrogen-bond donors (Lipinski definition) is 0. The Morgan fingerprint density at radius 1 is 0.950 bits per heavy atom. The van der Waals surface area contributed by atoms with Gasteiger partial charge in [-0.25, -0.2) is 0 Å². The van der Waals surface area contributed by atoms with Crippen molar-refractivity contribution in [3.05, 3.63) is 65.7 Å². The molecule has 2 rings (SSSR count). The predicted molar refractivity (Wildman–Crippen MR) is 84.0 cm³/mol. The molecular formula is C18H21NO. The Bertz CT molecular complexity index is 545. The van der Waals surface area contributed by atoms with Gasteiger partial charge in [-0.15, -0.1) is 0 Å². The summed E-state index contributed by atoms with van der Waals surface area (Å²) < 4.78 is 0. The molecule has 0 bridgehead atoms. The maximum atomic E-state index is 11.0. The normalized spacial score (nSPS) is 10.3. The van der Waals surface area contributed by atoms with Crippen molar-refractivity contribution in [1.29, 1.82) is 0 Å². The van der Waals surface area contributed by atoms with Crippen molar-refractivity contribution < 1.29 is 4.79 Å². The van der Waals surface area contributed by atoms with Crippen LogP contribution < -0.4 is 4.90 Å². The summed E-state index contributed by atoms with van der Waals surface area (Å²) in [7, 11) is 2.09. The minimum atomic E-state index is 0.246. The Kier molecular flexibility index (Phi) is 4.94. The highest BCUT2D eigenvalue weighted by Crippen LogP contribution is 2.17. The van der Waals surface area contributed by atoms with E-state index in [-0.39, 0.29) is 5.78 Å². The van der Waals surface area contributed by atoms with Gasteiger partial charge in [0, 0.05) is 25.7 Å². The summed E-state index contributed by atoms with van der Waals surface area (Å²) >= 11 is 0. The summed E-state index contributed by atoms with van der Waals surface area (Å²) in [5, 5.41) is 0. The van der Waals surface area contributed by atoms with Crippen molar-refractivity contribution in [1.82, 2.24) is 0 Å². The van der Waals surface area contributed by atoms with Gasteiger partial charge < -0.3 is 9.69 Å². The van der Waals surface area contributed by atoms with E-state index in [0.29, 0.717) is 6.42 Å². The number of Topliss-reactive ketones (excluding diaryl/α,β-unsaturated/α-hetero) is 1. The second-order valence-electron chi connectivity index (χ2n) is 5.21. The lowest BCUT2D eigenvalue weighted by atomic mass is 10.1. The molecule has 2 aromatic rings. The van der Waals surface area contributed by atoms with E-state index in [1.807, 2.05) is 6.07 Å². The lowest BCUT2D eigenvalue weighted by molar-refractivity contribution is -0.116. The highest BCUT2D eigenvalue weighted by atomic mass is 16.1. The van der Waals surface area contributed by atoms with Crippen LogP contribution in [0.2, 0.25) is 0 Å². The van der Waals surface area contributed by atoms with Crippen LogP contribution in [0.4, 0.5) is 5.69 Å². The zero-order chi connectivity index (χ0) is 14.4. The van der Waals surface area contributed by atoms with Gasteiger partial charge in [-0.3, -0.25) is 0 Å². The van der Waals surface area contributed by atoms with Gasteiger partial charge in [-0.05, 0) is 36.6 Å². The van der Waals surface area contributed by atoms with E-state index in [9.17, 15) is 4.79 Å². The first-order valence-corrected chi connectivity index (χ1v) is 6.98. The minimum Gasteiger partial charge on any atom is -0.370 e. The Hall–Kier alpha value is -2.09. The molecule has 2 heteroatoms. The van der Waals surface area contributed by atoms with E-state index in [1.165, 1.54) is 16.8 Å². The number of carbonyl (C=O) groups is 1. The van der Waals surface area contributed by atoms with Crippen molar-refractivity contribution in [2.24, 2.45) is 0 Å². The third-order valence-electron chi connectivity index (χ3n) is 3.41. The third-order valence-corrected chi connectivity index (χ3v) is 3.41. The first-order valence-electron chi connectivity index (χ1n) is 6.98. The van der Waals surface area contributed by atoms with Crippen LogP contribution in [0.5, 0.6) is 0 Å². The molecule has 0 radical (unpaired) electrons. The van der Waals surface area contributed by atoms with Crippen LogP contribution in [-0.4, -0.2) is 12.8 Å². The number of aryl methyl sites for hydroxylation is 1. The summed E-state index contributed by atoms with van der Waals surface area (Å²) in [6.45, 7) is 2.54. The highest BCUT2D eigenvalue weighted by molar-refractivity contribution is 5.75. The van der Waals surface area contributed by atoms with Crippen molar-refractivity contribution >= 4 is 11.5 Å². The molecule has 0 heterocycles. The summed E-state index contributed by atoms with van der Waals surface area (Å²) in [6, 6.07) is 18.9. The number of benzene rings is 2. The van der Waals surface area contributed by atoms with E-state index in [0.717, 1.165) is 13.0 Å². The molecule has 0 saturated heterocycles. The van der Waals surface area contributed by atoms with E-state index >= 15 is 0 Å². The largest absolute Gasteiger partial charge is 0.370 e. The molecule has 2 nitrogen and oxygen atoms in total. The number of anilines is 1. The number of rotatable bonds is 6. The highest BCUT2D eigenvalue weighted by Gasteiger charge is 2.03. The van der Waals surface area contributed by atoms with Crippen molar-refractivity contribution in [3.8, 4) is 0 Å². The van der Waals surface area contributed by atoms with Crippen LogP contribution >= 0.6 is 0 Å². The lowest BCUT2D eigenvalue weighted by Crippen LogP contribution is -2.16. The Morgan fingerprint density at radius 3 is 2.20 bits per heavy atom. The average molecular weight is 267 g/mol. The van der Waals surface area contributed by atoms with Gasteiger partial charge in [0.2, 0.25) is 0 Å². The molecule has 20 heavy (non-hydrogen) atoms. The molecule has 0 fully saturated rings. The molecule has 0 saturated carbocycles. The number of hydrogen-bond acceptors (Lipinski definition) is 2. The smallest absolute Gasteiger partial charge is 0.130 e. The second kappa shape index (κ2) is 6.90. The van der Waals surface area contributed by atoms with Crippen LogP contribution in [0.25, 0.3) is 0 Å². The summed E-state index contributed by atoms with van der Waals surface area (Å²) in [5.41, 5.74) is 3.72. The average Bonchev–Trinajstić information content (AvgIpc) is 2.46. The van der Waals surface area contributed by atoms with Crippen LogP contribution in [0.3, 0.4) is 0 Å². The molecule has 0 atom stereocenters. The molecule has 0 aliphatic rings. The predicted octanol–water partition coefficient (Wildman–Crippen LogP) is 3.84. The van der Waals surface area contributed by atoms with E-state index in [1.54, 1.807) is 6.92 Å². The summed E-state index contributed by atoms with van der Waals surface area (Å²) in [4.78, 5) is 13.2. The Morgan fingerprint density at radius 2 is 1.60 bits per heavy atom. The molecular weight excluding hydrogens is 246 g/mol. The Balaban J connectivity index is 1.97. The molecule has 0 spiro atoms. The number of carbonyl (C=O) groups excluding carboxylic acids is 1. The zero-order valence-corrected chi connectivity index (χ0v) is 12.2. The second-order valence-corrected chi connectivity index (χ2v) is 5.21. The van der Waals surface area contributed by atoms with Gasteiger partial charge >= 0.3 is 0 Å². The molecule has 0 N–H and O–H groups in total. The van der Waals surface area contributed by atoms with E-state index in [2.05, 4.69) is 60.5 Å². The quantitative estimate of drug-likeness (QED) is 0.792. The van der Waals surface area contributed by atoms with Gasteiger partial charge in [0.15, 0.2) is 0 Å². The summed E-state index contributed by atoms with van der Waals surface area (Å²) in [6.07, 6.45) is 1.46. The molecule has 104 valence electrons. The maximum absolute atomic E-state index is 11.0. The molecule has 0 amide bonds. The standard InChI is InChI=1S/C18H21NO/c1-15(20)8-9-16-10-12-18(13-11-16)19(2)14-17-6-4-3-5-7-17/h3-7,10-13H,8-9,14H2,1-2H3. The zero-order valence-electron chi connectivity index (χ0n) is 12.2. The van der Waals surface area contributed by atoms with Gasteiger partial charge in [-0.2, -0.15) is 0 Å². The molecule has 0 aliphatic heterocycles. The fourth-order valence-electron chi connectivity index (χ4n) is 2.19. The minimum absolute atomic E-state index is 0.246. The van der Waals surface area contributed by atoms with E-state index < -0.39 is 0 Å². The SMILES string of the molecule is CC(=O)CCc1ccc(N(C)Cc2ccccc2)cc1. The van der Waals surface area contributed by atoms with Crippen LogP contribution in [0.1, 0.15) is 24.5 Å². The molecule has 0 aromatic heterocycles. The first kappa shape index (κ1) is 14.3. The fraction of sp³-hybridized carbons (Fsp3) is 0.278. The van der Waals surface area contributed by atoms with Crippen molar-refractivity contribution in [3.63, 3.8) is 0 Å². The topological polar surface area (TPSA) is 20.3 Å². The molecule has 2 aromatic carbocycles. The molecule has 0 aliphatic carbocycles. The van der Waals surface area contributed by atoms with Crippen LogP contribution in [-0.2, 0) is 17.8 Å². The van der Waals surface area contributed by atoms with Crippen molar-refractivity contribution in [2.75, 3.05) is 11.9 Å². The van der Waals surface area contributed by atoms with Crippen molar-refractivity contribution in [2.45, 2.75) is 26.3 Å². The monoisotopic (exact) mass is 267 g/mol. The summed E-state index contributed by atoms with van der Waals surface area (Å²) in [5.74, 6) is 0.246. The first-order chi connectivity index (χ1) is 9.65. The fourth-order valence-corrected chi connectivity index (χ4v) is 2.19. The number of nitrogens with zero attached hydrogens (tertiary/aromatic N) is 1. The van der Waals surface area contributed by atoms with Gasteiger partial charge in [0.1, 0.15) is 5.78 Å². The Labute approximate surface area is 121 Å². The van der Waals surface area contributed by atoms with Crippen LogP contribution in [0.15, 0.2) is 54.6 Å². The third kappa shape index (κ3) is 4.23. The van der Waals surface area contributed by atoms with Gasteiger partial charge in [0.25, 0.3) is 0 Å². The number of ketones is 1. The van der Waals surface area contributed by atoms with Gasteiger partial charge in [-0.1, -0.05) is 42.5 Å². The van der Waals surface area contributed by atoms with E-state index in [4.69, 9.17) is 0 Å². The lowest BCUT2D eigenvalue weighted by Gasteiger charge is -2.19. The van der Waals surface area contributed by atoms with Crippen LogP contribution in [0, 0.1) is 0 Å².